The number of carbonyl (C=O) groups excluding carboxylic acids is 1. The molecule has 0 aliphatic heterocycles. The molecule has 3 nitrogen and oxygen atoms in total. The van der Waals surface area contributed by atoms with Crippen LogP contribution in [0.5, 0.6) is 0 Å². The minimum Gasteiger partial charge on any atom is -0.326 e. The second-order valence-corrected chi connectivity index (χ2v) is 5.35. The van der Waals surface area contributed by atoms with Gasteiger partial charge in [0.15, 0.2) is 0 Å². The number of benzene rings is 2. The number of anilines is 1. The molecule has 21 heavy (non-hydrogen) atoms. The molecule has 0 saturated carbocycles. The van der Waals surface area contributed by atoms with Gasteiger partial charge < -0.3 is 10.6 Å². The Morgan fingerprint density at radius 3 is 2.43 bits per heavy atom. The Balaban J connectivity index is 2.02. The first-order chi connectivity index (χ1) is 10.1. The van der Waals surface area contributed by atoms with Crippen molar-refractivity contribution in [3.8, 4) is 0 Å². The van der Waals surface area contributed by atoms with Crippen LogP contribution in [0.3, 0.4) is 0 Å². The van der Waals surface area contributed by atoms with Crippen molar-refractivity contribution in [1.82, 2.24) is 5.32 Å². The maximum atomic E-state index is 11.2. The van der Waals surface area contributed by atoms with E-state index in [-0.39, 0.29) is 11.9 Å². The van der Waals surface area contributed by atoms with Gasteiger partial charge in [-0.05, 0) is 31.0 Å². The zero-order chi connectivity index (χ0) is 15.2. The molecule has 2 aromatic rings. The first-order valence-corrected chi connectivity index (χ1v) is 7.21. The standard InChI is InChI=1S/C18H22N2O/c1-13-8-10-16(11-9-13)14(2)19-12-17-6-4-5-7-18(17)20-15(3)21/h4-11,14,19H,12H2,1-3H3,(H,20,21)/t14-/m1/s1. The number of carbonyl (C=O) groups is 1. The molecule has 1 amide bonds. The Hall–Kier alpha value is -2.13. The van der Waals surface area contributed by atoms with Crippen LogP contribution in [0.25, 0.3) is 0 Å². The molecule has 0 heterocycles. The number of aryl methyl sites for hydroxylation is 1. The molecule has 0 bridgehead atoms. The Morgan fingerprint density at radius 2 is 1.76 bits per heavy atom. The van der Waals surface area contributed by atoms with Gasteiger partial charge in [0.2, 0.25) is 5.91 Å². The summed E-state index contributed by atoms with van der Waals surface area (Å²) in [5.41, 5.74) is 4.49. The molecule has 0 aliphatic rings. The van der Waals surface area contributed by atoms with Gasteiger partial charge in [0.05, 0.1) is 0 Å². The average molecular weight is 282 g/mol. The van der Waals surface area contributed by atoms with E-state index < -0.39 is 0 Å². The molecule has 0 fully saturated rings. The van der Waals surface area contributed by atoms with Crippen molar-refractivity contribution in [2.45, 2.75) is 33.4 Å². The summed E-state index contributed by atoms with van der Waals surface area (Å²) in [6.07, 6.45) is 0. The van der Waals surface area contributed by atoms with Crippen molar-refractivity contribution in [1.29, 1.82) is 0 Å². The van der Waals surface area contributed by atoms with Gasteiger partial charge in [-0.25, -0.2) is 0 Å². The summed E-state index contributed by atoms with van der Waals surface area (Å²) >= 11 is 0. The first-order valence-electron chi connectivity index (χ1n) is 7.21. The van der Waals surface area contributed by atoms with Crippen LogP contribution in [0, 0.1) is 6.92 Å². The Kier molecular flexibility index (Phi) is 5.12. The van der Waals surface area contributed by atoms with Crippen molar-refractivity contribution in [2.75, 3.05) is 5.32 Å². The summed E-state index contributed by atoms with van der Waals surface area (Å²) in [6, 6.07) is 16.7. The Morgan fingerprint density at radius 1 is 1.10 bits per heavy atom. The topological polar surface area (TPSA) is 41.1 Å². The van der Waals surface area contributed by atoms with Crippen LogP contribution in [0.15, 0.2) is 48.5 Å². The molecule has 0 unspecified atom stereocenters. The second kappa shape index (κ2) is 7.04. The highest BCUT2D eigenvalue weighted by atomic mass is 16.1. The molecule has 2 aromatic carbocycles. The number of para-hydroxylation sites is 1. The van der Waals surface area contributed by atoms with E-state index in [0.717, 1.165) is 11.3 Å². The molecule has 3 heteroatoms. The third kappa shape index (κ3) is 4.43. The molecule has 2 N–H and O–H groups in total. The fourth-order valence-electron chi connectivity index (χ4n) is 2.22. The monoisotopic (exact) mass is 282 g/mol. The van der Waals surface area contributed by atoms with E-state index in [9.17, 15) is 4.79 Å². The van der Waals surface area contributed by atoms with Crippen LogP contribution >= 0.6 is 0 Å². The van der Waals surface area contributed by atoms with Gasteiger partial charge in [0.25, 0.3) is 0 Å². The fraction of sp³-hybridized carbons (Fsp3) is 0.278. The van der Waals surface area contributed by atoms with Gasteiger partial charge in [0.1, 0.15) is 0 Å². The molecule has 0 spiro atoms. The van der Waals surface area contributed by atoms with Crippen LogP contribution in [-0.2, 0) is 11.3 Å². The number of amides is 1. The SMILES string of the molecule is CC(=O)Nc1ccccc1CN[C@H](C)c1ccc(C)cc1. The molecule has 0 radical (unpaired) electrons. The lowest BCUT2D eigenvalue weighted by atomic mass is 10.1. The lowest BCUT2D eigenvalue weighted by molar-refractivity contribution is -0.114. The smallest absolute Gasteiger partial charge is 0.221 e. The average Bonchev–Trinajstić information content (AvgIpc) is 2.46. The summed E-state index contributed by atoms with van der Waals surface area (Å²) in [7, 11) is 0. The normalized spacial score (nSPS) is 12.0. The summed E-state index contributed by atoms with van der Waals surface area (Å²) in [4.78, 5) is 11.2. The van der Waals surface area contributed by atoms with Crippen LogP contribution in [-0.4, -0.2) is 5.91 Å². The van der Waals surface area contributed by atoms with E-state index in [1.165, 1.54) is 18.1 Å². The molecule has 0 saturated heterocycles. The molecule has 1 atom stereocenters. The van der Waals surface area contributed by atoms with Crippen LogP contribution < -0.4 is 10.6 Å². The van der Waals surface area contributed by atoms with Gasteiger partial charge in [-0.2, -0.15) is 0 Å². The third-order valence-electron chi connectivity index (χ3n) is 3.50. The summed E-state index contributed by atoms with van der Waals surface area (Å²) in [5, 5.41) is 6.36. The van der Waals surface area contributed by atoms with Gasteiger partial charge in [-0.1, -0.05) is 48.0 Å². The molecular formula is C18H22N2O. The molecule has 2 rings (SSSR count). The molecular weight excluding hydrogens is 260 g/mol. The van der Waals surface area contributed by atoms with Crippen molar-refractivity contribution in [3.63, 3.8) is 0 Å². The van der Waals surface area contributed by atoms with Crippen molar-refractivity contribution in [3.05, 3.63) is 65.2 Å². The highest BCUT2D eigenvalue weighted by Gasteiger charge is 2.07. The molecule has 0 aliphatic carbocycles. The number of hydrogen-bond acceptors (Lipinski definition) is 2. The predicted molar refractivity (Wildman–Crippen MR) is 87.2 cm³/mol. The van der Waals surface area contributed by atoms with Crippen molar-refractivity contribution < 1.29 is 4.79 Å². The summed E-state index contributed by atoms with van der Waals surface area (Å²) in [5.74, 6) is -0.0472. The predicted octanol–water partition coefficient (Wildman–Crippen LogP) is 3.80. The lowest BCUT2D eigenvalue weighted by Gasteiger charge is -2.16. The quantitative estimate of drug-likeness (QED) is 0.875. The minimum absolute atomic E-state index is 0.0472. The largest absolute Gasteiger partial charge is 0.326 e. The van der Waals surface area contributed by atoms with Gasteiger partial charge in [-0.3, -0.25) is 4.79 Å². The third-order valence-corrected chi connectivity index (χ3v) is 3.50. The maximum Gasteiger partial charge on any atom is 0.221 e. The first kappa shape index (κ1) is 15.3. The van der Waals surface area contributed by atoms with E-state index in [1.807, 2.05) is 24.3 Å². The number of rotatable bonds is 5. The highest BCUT2D eigenvalue weighted by Crippen LogP contribution is 2.18. The van der Waals surface area contributed by atoms with E-state index in [2.05, 4.69) is 48.7 Å². The number of hydrogen-bond donors (Lipinski definition) is 2. The minimum atomic E-state index is -0.0472. The van der Waals surface area contributed by atoms with Gasteiger partial charge >= 0.3 is 0 Å². The Bertz CT molecular complexity index is 605. The van der Waals surface area contributed by atoms with E-state index >= 15 is 0 Å². The van der Waals surface area contributed by atoms with Gasteiger partial charge in [0, 0.05) is 25.2 Å². The second-order valence-electron chi connectivity index (χ2n) is 5.35. The van der Waals surface area contributed by atoms with Crippen LogP contribution in [0.2, 0.25) is 0 Å². The van der Waals surface area contributed by atoms with Crippen molar-refractivity contribution >= 4 is 11.6 Å². The van der Waals surface area contributed by atoms with E-state index in [4.69, 9.17) is 0 Å². The Labute approximate surface area is 126 Å². The van der Waals surface area contributed by atoms with Crippen molar-refractivity contribution in [2.24, 2.45) is 0 Å². The maximum absolute atomic E-state index is 11.2. The molecule has 0 aromatic heterocycles. The number of nitrogens with one attached hydrogen (secondary N) is 2. The van der Waals surface area contributed by atoms with E-state index in [0.29, 0.717) is 6.54 Å². The molecule has 110 valence electrons. The summed E-state index contributed by atoms with van der Waals surface area (Å²) in [6.45, 7) is 6.47. The zero-order valence-corrected chi connectivity index (χ0v) is 12.8. The van der Waals surface area contributed by atoms with Crippen LogP contribution in [0.4, 0.5) is 5.69 Å². The van der Waals surface area contributed by atoms with E-state index in [1.54, 1.807) is 0 Å². The highest BCUT2D eigenvalue weighted by molar-refractivity contribution is 5.89. The fourth-order valence-corrected chi connectivity index (χ4v) is 2.22. The van der Waals surface area contributed by atoms with Gasteiger partial charge in [-0.15, -0.1) is 0 Å². The lowest BCUT2D eigenvalue weighted by Crippen LogP contribution is -2.19. The zero-order valence-electron chi connectivity index (χ0n) is 12.8. The van der Waals surface area contributed by atoms with Crippen LogP contribution in [0.1, 0.15) is 36.6 Å². The summed E-state index contributed by atoms with van der Waals surface area (Å²) < 4.78 is 0.